The standard InChI is InChI=1S/C13H20FN3O3/c1-17(6-10(18)8-20-2)7-13(19)16-12-5-9(14)3-4-11(12)15/h3-5,10,18H,6-8,15H2,1-2H3,(H,16,19). The average Bonchev–Trinajstić information content (AvgIpc) is 2.33. The maximum Gasteiger partial charge on any atom is 0.238 e. The molecule has 1 amide bonds. The maximum atomic E-state index is 13.1. The Kier molecular flexibility index (Phi) is 6.37. The van der Waals surface area contributed by atoms with E-state index in [-0.39, 0.29) is 24.7 Å². The van der Waals surface area contributed by atoms with Gasteiger partial charge < -0.3 is 20.9 Å². The molecule has 1 unspecified atom stereocenters. The highest BCUT2D eigenvalue weighted by Crippen LogP contribution is 2.18. The molecular weight excluding hydrogens is 265 g/mol. The van der Waals surface area contributed by atoms with Crippen molar-refractivity contribution in [1.82, 2.24) is 4.90 Å². The molecule has 6 nitrogen and oxygen atoms in total. The third kappa shape index (κ3) is 5.52. The Bertz CT molecular complexity index is 456. The summed E-state index contributed by atoms with van der Waals surface area (Å²) in [5.41, 5.74) is 6.17. The van der Waals surface area contributed by atoms with Crippen LogP contribution >= 0.6 is 0 Å². The van der Waals surface area contributed by atoms with Gasteiger partial charge in [0.2, 0.25) is 5.91 Å². The summed E-state index contributed by atoms with van der Waals surface area (Å²) in [7, 11) is 3.18. The fourth-order valence-corrected chi connectivity index (χ4v) is 1.74. The third-order valence-electron chi connectivity index (χ3n) is 2.58. The van der Waals surface area contributed by atoms with Crippen molar-refractivity contribution in [3.05, 3.63) is 24.0 Å². The summed E-state index contributed by atoms with van der Waals surface area (Å²) in [6, 6.07) is 3.77. The molecular formula is C13H20FN3O3. The van der Waals surface area contributed by atoms with Crippen molar-refractivity contribution in [3.63, 3.8) is 0 Å². The first-order valence-corrected chi connectivity index (χ1v) is 6.12. The van der Waals surface area contributed by atoms with E-state index < -0.39 is 11.9 Å². The van der Waals surface area contributed by atoms with Gasteiger partial charge in [-0.15, -0.1) is 0 Å². The lowest BCUT2D eigenvalue weighted by molar-refractivity contribution is -0.117. The molecule has 0 radical (unpaired) electrons. The molecule has 1 rings (SSSR count). The van der Waals surface area contributed by atoms with Crippen molar-refractivity contribution in [2.45, 2.75) is 6.10 Å². The summed E-state index contributed by atoms with van der Waals surface area (Å²) in [5, 5.41) is 12.1. The number of benzene rings is 1. The molecule has 1 aromatic carbocycles. The van der Waals surface area contributed by atoms with E-state index in [1.807, 2.05) is 0 Å². The van der Waals surface area contributed by atoms with Gasteiger partial charge in [-0.3, -0.25) is 9.69 Å². The molecule has 0 fully saturated rings. The van der Waals surface area contributed by atoms with Crippen molar-refractivity contribution >= 4 is 17.3 Å². The van der Waals surface area contributed by atoms with Crippen LogP contribution in [0.1, 0.15) is 0 Å². The minimum absolute atomic E-state index is 0.0523. The van der Waals surface area contributed by atoms with Crippen LogP contribution in [0.5, 0.6) is 0 Å². The zero-order valence-corrected chi connectivity index (χ0v) is 11.6. The second kappa shape index (κ2) is 7.78. The number of nitrogens with one attached hydrogen (secondary N) is 1. The molecule has 1 atom stereocenters. The van der Waals surface area contributed by atoms with Crippen molar-refractivity contribution in [3.8, 4) is 0 Å². The highest BCUT2D eigenvalue weighted by Gasteiger charge is 2.12. The molecule has 112 valence electrons. The summed E-state index contributed by atoms with van der Waals surface area (Å²) < 4.78 is 17.9. The number of carbonyl (C=O) groups excluding carboxylic acids is 1. The lowest BCUT2D eigenvalue weighted by Crippen LogP contribution is -2.37. The number of ether oxygens (including phenoxy) is 1. The summed E-state index contributed by atoms with van der Waals surface area (Å²) in [6.45, 7) is 0.541. The number of halogens is 1. The van der Waals surface area contributed by atoms with E-state index in [0.29, 0.717) is 12.2 Å². The van der Waals surface area contributed by atoms with Gasteiger partial charge >= 0.3 is 0 Å². The van der Waals surface area contributed by atoms with Gasteiger partial charge in [0, 0.05) is 13.7 Å². The zero-order chi connectivity index (χ0) is 15.1. The number of nitrogen functional groups attached to an aromatic ring is 1. The van der Waals surface area contributed by atoms with Crippen LogP contribution in [0.25, 0.3) is 0 Å². The van der Waals surface area contributed by atoms with Crippen LogP contribution in [0.15, 0.2) is 18.2 Å². The van der Waals surface area contributed by atoms with Crippen molar-refractivity contribution in [2.24, 2.45) is 0 Å². The van der Waals surface area contributed by atoms with Crippen LogP contribution in [-0.4, -0.2) is 55.9 Å². The molecule has 0 aromatic heterocycles. The topological polar surface area (TPSA) is 87.8 Å². The number of aliphatic hydroxyl groups excluding tert-OH is 1. The quantitative estimate of drug-likeness (QED) is 0.627. The highest BCUT2D eigenvalue weighted by atomic mass is 19.1. The van der Waals surface area contributed by atoms with E-state index >= 15 is 0 Å². The van der Waals surface area contributed by atoms with E-state index in [2.05, 4.69) is 5.32 Å². The average molecular weight is 285 g/mol. The van der Waals surface area contributed by atoms with Crippen LogP contribution in [-0.2, 0) is 9.53 Å². The molecule has 0 saturated heterocycles. The van der Waals surface area contributed by atoms with E-state index in [0.717, 1.165) is 6.07 Å². The van der Waals surface area contributed by atoms with Crippen LogP contribution in [0.2, 0.25) is 0 Å². The van der Waals surface area contributed by atoms with Crippen molar-refractivity contribution < 1.29 is 19.0 Å². The number of likely N-dealkylation sites (N-methyl/N-ethyl adjacent to an activating group) is 1. The Balaban J connectivity index is 2.49. The number of hydrogen-bond donors (Lipinski definition) is 3. The van der Waals surface area contributed by atoms with Gasteiger partial charge in [0.1, 0.15) is 5.82 Å². The molecule has 20 heavy (non-hydrogen) atoms. The molecule has 0 aliphatic rings. The molecule has 0 aliphatic carbocycles. The smallest absolute Gasteiger partial charge is 0.238 e. The van der Waals surface area contributed by atoms with Gasteiger partial charge in [0.25, 0.3) is 0 Å². The van der Waals surface area contributed by atoms with Crippen molar-refractivity contribution in [1.29, 1.82) is 0 Å². The first-order chi connectivity index (χ1) is 9.42. The normalized spacial score (nSPS) is 12.4. The lowest BCUT2D eigenvalue weighted by atomic mass is 10.2. The molecule has 1 aromatic rings. The Morgan fingerprint density at radius 3 is 2.95 bits per heavy atom. The van der Waals surface area contributed by atoms with Crippen LogP contribution < -0.4 is 11.1 Å². The Morgan fingerprint density at radius 1 is 1.60 bits per heavy atom. The second-order valence-corrected chi connectivity index (χ2v) is 4.59. The number of anilines is 2. The number of rotatable bonds is 7. The van der Waals surface area contributed by atoms with E-state index in [4.69, 9.17) is 10.5 Å². The first kappa shape index (κ1) is 16.4. The van der Waals surface area contributed by atoms with Crippen LogP contribution in [0, 0.1) is 5.82 Å². The minimum atomic E-state index is -0.669. The Hall–Kier alpha value is -1.70. The number of hydrogen-bond acceptors (Lipinski definition) is 5. The largest absolute Gasteiger partial charge is 0.397 e. The summed E-state index contributed by atoms with van der Waals surface area (Å²) in [6.07, 6.45) is -0.669. The SMILES string of the molecule is COCC(O)CN(C)CC(=O)Nc1cc(F)ccc1N. The summed E-state index contributed by atoms with van der Waals surface area (Å²) in [5.74, 6) is -0.812. The number of methoxy groups -OCH3 is 1. The maximum absolute atomic E-state index is 13.1. The second-order valence-electron chi connectivity index (χ2n) is 4.59. The van der Waals surface area contributed by atoms with Gasteiger partial charge in [-0.1, -0.05) is 0 Å². The van der Waals surface area contributed by atoms with Gasteiger partial charge in [-0.05, 0) is 25.2 Å². The summed E-state index contributed by atoms with van der Waals surface area (Å²) in [4.78, 5) is 13.4. The van der Waals surface area contributed by atoms with Crippen LogP contribution in [0.4, 0.5) is 15.8 Å². The van der Waals surface area contributed by atoms with E-state index in [1.165, 1.54) is 19.2 Å². The summed E-state index contributed by atoms with van der Waals surface area (Å²) >= 11 is 0. The molecule has 0 saturated carbocycles. The lowest BCUT2D eigenvalue weighted by Gasteiger charge is -2.19. The fraction of sp³-hybridized carbons (Fsp3) is 0.462. The monoisotopic (exact) mass is 285 g/mol. The van der Waals surface area contributed by atoms with E-state index in [9.17, 15) is 14.3 Å². The fourth-order valence-electron chi connectivity index (χ4n) is 1.74. The third-order valence-corrected chi connectivity index (χ3v) is 2.58. The molecule has 4 N–H and O–H groups in total. The molecule has 0 spiro atoms. The Morgan fingerprint density at radius 2 is 2.30 bits per heavy atom. The number of nitrogens with zero attached hydrogens (tertiary/aromatic N) is 1. The van der Waals surface area contributed by atoms with Gasteiger partial charge in [-0.2, -0.15) is 0 Å². The number of amides is 1. The minimum Gasteiger partial charge on any atom is -0.397 e. The van der Waals surface area contributed by atoms with E-state index in [1.54, 1.807) is 11.9 Å². The highest BCUT2D eigenvalue weighted by molar-refractivity contribution is 5.95. The predicted molar refractivity (Wildman–Crippen MR) is 74.8 cm³/mol. The number of nitrogens with two attached hydrogens (primary N) is 1. The molecule has 0 aliphatic heterocycles. The van der Waals surface area contributed by atoms with Crippen LogP contribution in [0.3, 0.4) is 0 Å². The van der Waals surface area contributed by atoms with Crippen molar-refractivity contribution in [2.75, 3.05) is 44.9 Å². The molecule has 0 bridgehead atoms. The molecule has 7 heteroatoms. The molecule has 0 heterocycles. The van der Waals surface area contributed by atoms with Gasteiger partial charge in [-0.25, -0.2) is 4.39 Å². The van der Waals surface area contributed by atoms with Gasteiger partial charge in [0.05, 0.1) is 30.6 Å². The first-order valence-electron chi connectivity index (χ1n) is 6.12. The Labute approximate surface area is 117 Å². The van der Waals surface area contributed by atoms with Gasteiger partial charge in [0.15, 0.2) is 0 Å². The predicted octanol–water partition coefficient (Wildman–Crippen LogP) is 0.285. The zero-order valence-electron chi connectivity index (χ0n) is 11.6. The number of aliphatic hydroxyl groups is 1. The number of carbonyl (C=O) groups is 1.